The molecule has 30 heavy (non-hydrogen) atoms. The van der Waals surface area contributed by atoms with Crippen molar-refractivity contribution < 1.29 is 17.9 Å². The number of aromatic nitrogens is 2. The largest absolute Gasteiger partial charge is 0.497 e. The Bertz CT molecular complexity index is 1140. The number of nitrogens with one attached hydrogen (secondary N) is 1. The molecule has 0 amide bonds. The number of benzene rings is 2. The Balaban J connectivity index is 2.07. The molecule has 3 aromatic rings. The lowest BCUT2D eigenvalue weighted by molar-refractivity contribution is 0.415. The highest BCUT2D eigenvalue weighted by atomic mass is 19.2. The van der Waals surface area contributed by atoms with Gasteiger partial charge in [0.25, 0.3) is 5.56 Å². The van der Waals surface area contributed by atoms with Crippen LogP contribution in [0.3, 0.4) is 0 Å². The molecular formula is C21H19F3N4O2. The third-order valence-corrected chi connectivity index (χ3v) is 4.44. The molecule has 1 heterocycles. The summed E-state index contributed by atoms with van der Waals surface area (Å²) in [6.07, 6.45) is 1.47. The van der Waals surface area contributed by atoms with Crippen LogP contribution in [0, 0.1) is 24.4 Å². The monoisotopic (exact) mass is 416 g/mol. The topological polar surface area (TPSA) is 68.5 Å². The van der Waals surface area contributed by atoms with Gasteiger partial charge in [-0.2, -0.15) is 4.98 Å². The normalized spacial score (nSPS) is 10.7. The van der Waals surface area contributed by atoms with Gasteiger partial charge in [-0.3, -0.25) is 9.79 Å². The quantitative estimate of drug-likeness (QED) is 0.468. The summed E-state index contributed by atoms with van der Waals surface area (Å²) in [7, 11) is 1.53. The van der Waals surface area contributed by atoms with Crippen LogP contribution in [-0.4, -0.2) is 23.4 Å². The number of halogens is 3. The van der Waals surface area contributed by atoms with E-state index in [0.29, 0.717) is 11.4 Å². The van der Waals surface area contributed by atoms with Gasteiger partial charge >= 0.3 is 0 Å². The SMILES string of the molecule is C=NCc1cn(Cc2cc(F)c(F)c(F)c2)c(Nc2cc(OC)ccc2C)nc1=O. The number of hydrogen-bond acceptors (Lipinski definition) is 5. The third-order valence-electron chi connectivity index (χ3n) is 4.44. The minimum absolute atomic E-state index is 0.0242. The zero-order chi connectivity index (χ0) is 21.8. The van der Waals surface area contributed by atoms with Gasteiger partial charge in [0.15, 0.2) is 17.5 Å². The number of nitrogens with zero attached hydrogens (tertiary/aromatic N) is 3. The Morgan fingerprint density at radius 3 is 2.53 bits per heavy atom. The van der Waals surface area contributed by atoms with Crippen LogP contribution in [0.2, 0.25) is 0 Å². The fourth-order valence-electron chi connectivity index (χ4n) is 2.87. The average Bonchev–Trinajstić information content (AvgIpc) is 2.71. The second kappa shape index (κ2) is 8.81. The van der Waals surface area contributed by atoms with Crippen molar-refractivity contribution in [3.63, 3.8) is 0 Å². The first-order chi connectivity index (χ1) is 14.3. The van der Waals surface area contributed by atoms with Gasteiger partial charge in [0.05, 0.1) is 25.8 Å². The first-order valence-corrected chi connectivity index (χ1v) is 8.90. The number of ether oxygens (including phenoxy) is 1. The molecule has 6 nitrogen and oxygen atoms in total. The fourth-order valence-corrected chi connectivity index (χ4v) is 2.87. The molecule has 0 radical (unpaired) electrons. The number of rotatable bonds is 7. The molecule has 0 saturated carbocycles. The molecule has 0 bridgehead atoms. The van der Waals surface area contributed by atoms with E-state index >= 15 is 0 Å². The number of anilines is 2. The van der Waals surface area contributed by atoms with Crippen LogP contribution >= 0.6 is 0 Å². The molecule has 0 fully saturated rings. The molecule has 0 saturated heterocycles. The summed E-state index contributed by atoms with van der Waals surface area (Å²) in [6, 6.07) is 7.11. The van der Waals surface area contributed by atoms with Gasteiger partial charge in [-0.05, 0) is 43.0 Å². The second-order valence-corrected chi connectivity index (χ2v) is 6.58. The Kier molecular flexibility index (Phi) is 6.20. The fraction of sp³-hybridized carbons (Fsp3) is 0.190. The number of aliphatic imine (C=N–C) groups is 1. The summed E-state index contributed by atoms with van der Waals surface area (Å²) in [4.78, 5) is 20.1. The van der Waals surface area contributed by atoms with Crippen molar-refractivity contribution in [1.29, 1.82) is 0 Å². The van der Waals surface area contributed by atoms with Crippen molar-refractivity contribution in [3.8, 4) is 5.75 Å². The van der Waals surface area contributed by atoms with Crippen molar-refractivity contribution in [1.82, 2.24) is 9.55 Å². The Labute approximate surface area is 170 Å². The van der Waals surface area contributed by atoms with E-state index in [0.717, 1.165) is 17.7 Å². The van der Waals surface area contributed by atoms with E-state index in [1.54, 1.807) is 12.1 Å². The Hall–Kier alpha value is -3.62. The van der Waals surface area contributed by atoms with E-state index in [1.807, 2.05) is 13.0 Å². The van der Waals surface area contributed by atoms with Gasteiger partial charge < -0.3 is 14.6 Å². The van der Waals surface area contributed by atoms with Gasteiger partial charge in [-0.25, -0.2) is 13.2 Å². The molecule has 0 spiro atoms. The van der Waals surface area contributed by atoms with Gasteiger partial charge in [-0.15, -0.1) is 0 Å². The summed E-state index contributed by atoms with van der Waals surface area (Å²) in [6.45, 7) is 5.17. The molecule has 1 aromatic heterocycles. The second-order valence-electron chi connectivity index (χ2n) is 6.58. The summed E-state index contributed by atoms with van der Waals surface area (Å²) in [5.41, 5.74) is 1.37. The van der Waals surface area contributed by atoms with Crippen molar-refractivity contribution in [3.05, 3.63) is 81.0 Å². The molecule has 0 unspecified atom stereocenters. The van der Waals surface area contributed by atoms with E-state index < -0.39 is 23.0 Å². The van der Waals surface area contributed by atoms with Gasteiger partial charge in [0.2, 0.25) is 5.95 Å². The van der Waals surface area contributed by atoms with Crippen LogP contribution in [0.5, 0.6) is 5.75 Å². The van der Waals surface area contributed by atoms with Crippen LogP contribution in [0.4, 0.5) is 24.8 Å². The molecule has 156 valence electrons. The van der Waals surface area contributed by atoms with Crippen molar-refractivity contribution in [2.75, 3.05) is 12.4 Å². The predicted octanol–water partition coefficient (Wildman–Crippen LogP) is 3.97. The molecule has 0 atom stereocenters. The van der Waals surface area contributed by atoms with Crippen molar-refractivity contribution in [2.24, 2.45) is 4.99 Å². The zero-order valence-corrected chi connectivity index (χ0v) is 16.4. The maximum atomic E-state index is 13.6. The van der Waals surface area contributed by atoms with E-state index in [4.69, 9.17) is 4.74 Å². The van der Waals surface area contributed by atoms with Crippen LogP contribution < -0.4 is 15.6 Å². The lowest BCUT2D eigenvalue weighted by atomic mass is 10.2. The lowest BCUT2D eigenvalue weighted by Gasteiger charge is -2.17. The Morgan fingerprint density at radius 2 is 1.90 bits per heavy atom. The molecule has 3 rings (SSSR count). The first kappa shape index (κ1) is 21.1. The minimum atomic E-state index is -1.54. The van der Waals surface area contributed by atoms with Gasteiger partial charge in [0.1, 0.15) is 5.75 Å². The standard InChI is InChI=1S/C21H19F3N4O2/c1-12-4-5-15(30-3)8-18(12)26-21-27-20(29)14(9-25-2)11-28(21)10-13-6-16(22)19(24)17(23)7-13/h4-8,11H,2,9-10H2,1,3H3,(H,26,27,29). The van der Waals surface area contributed by atoms with Crippen LogP contribution in [0.15, 0.2) is 46.3 Å². The highest BCUT2D eigenvalue weighted by molar-refractivity contribution is 5.61. The third kappa shape index (κ3) is 4.51. The maximum Gasteiger partial charge on any atom is 0.279 e. The van der Waals surface area contributed by atoms with Gasteiger partial charge in [-0.1, -0.05) is 6.07 Å². The number of hydrogen-bond donors (Lipinski definition) is 1. The smallest absolute Gasteiger partial charge is 0.279 e. The molecular weight excluding hydrogens is 397 g/mol. The summed E-state index contributed by atoms with van der Waals surface area (Å²) >= 11 is 0. The van der Waals surface area contributed by atoms with Crippen LogP contribution in [-0.2, 0) is 13.1 Å². The predicted molar refractivity (Wildman–Crippen MR) is 108 cm³/mol. The van der Waals surface area contributed by atoms with Crippen LogP contribution in [0.1, 0.15) is 16.7 Å². The van der Waals surface area contributed by atoms with E-state index in [1.165, 1.54) is 17.9 Å². The molecule has 2 aromatic carbocycles. The molecule has 0 aliphatic heterocycles. The number of aryl methyl sites for hydroxylation is 1. The van der Waals surface area contributed by atoms with Crippen molar-refractivity contribution in [2.45, 2.75) is 20.0 Å². The summed E-state index contributed by atoms with van der Waals surface area (Å²) in [5.74, 6) is -3.42. The van der Waals surface area contributed by atoms with E-state index in [9.17, 15) is 18.0 Å². The minimum Gasteiger partial charge on any atom is -0.497 e. The zero-order valence-electron chi connectivity index (χ0n) is 16.4. The highest BCUT2D eigenvalue weighted by Crippen LogP contribution is 2.25. The average molecular weight is 416 g/mol. The maximum absolute atomic E-state index is 13.6. The van der Waals surface area contributed by atoms with Crippen molar-refractivity contribution >= 4 is 18.4 Å². The van der Waals surface area contributed by atoms with E-state index in [2.05, 4.69) is 22.0 Å². The summed E-state index contributed by atoms with van der Waals surface area (Å²) < 4.78 is 47.3. The Morgan fingerprint density at radius 1 is 1.20 bits per heavy atom. The van der Waals surface area contributed by atoms with Crippen LogP contribution in [0.25, 0.3) is 0 Å². The molecule has 0 aliphatic rings. The molecule has 9 heteroatoms. The molecule has 0 aliphatic carbocycles. The van der Waals surface area contributed by atoms with E-state index in [-0.39, 0.29) is 30.2 Å². The van der Waals surface area contributed by atoms with Gasteiger partial charge in [0, 0.05) is 18.0 Å². The summed E-state index contributed by atoms with van der Waals surface area (Å²) in [5, 5.41) is 3.05. The lowest BCUT2D eigenvalue weighted by Crippen LogP contribution is -2.21. The first-order valence-electron chi connectivity index (χ1n) is 8.90. The highest BCUT2D eigenvalue weighted by Gasteiger charge is 2.14. The number of methoxy groups -OCH3 is 1. The molecule has 1 N–H and O–H groups in total.